The Kier molecular flexibility index (Phi) is 62.7. The van der Waals surface area contributed by atoms with Crippen LogP contribution in [0.15, 0.2) is 122 Å². The van der Waals surface area contributed by atoms with E-state index in [2.05, 4.69) is 135 Å². The minimum atomic E-state index is -4.40. The molecule has 0 saturated heterocycles. The van der Waals surface area contributed by atoms with Crippen molar-refractivity contribution < 1.29 is 37.6 Å². The zero-order valence-corrected chi connectivity index (χ0v) is 52.9. The highest BCUT2D eigenvalue weighted by Crippen LogP contribution is 2.43. The molecule has 0 spiro atoms. The van der Waals surface area contributed by atoms with Crippen LogP contribution in [0.1, 0.15) is 284 Å². The molecule has 0 amide bonds. The molecule has 464 valence electrons. The van der Waals surface area contributed by atoms with Gasteiger partial charge in [0.25, 0.3) is 0 Å². The van der Waals surface area contributed by atoms with Gasteiger partial charge in [-0.25, -0.2) is 4.57 Å². The van der Waals surface area contributed by atoms with E-state index < -0.39 is 26.5 Å². The van der Waals surface area contributed by atoms with E-state index in [4.69, 9.17) is 24.3 Å². The van der Waals surface area contributed by atoms with Crippen molar-refractivity contribution >= 4 is 19.8 Å². The van der Waals surface area contributed by atoms with Gasteiger partial charge in [-0.15, -0.1) is 0 Å². The Hall–Kier alpha value is -3.59. The second-order valence-electron chi connectivity index (χ2n) is 21.6. The summed E-state index contributed by atoms with van der Waals surface area (Å²) in [6.45, 7) is 3.62. The van der Waals surface area contributed by atoms with Crippen LogP contribution in [-0.4, -0.2) is 49.3 Å². The molecule has 0 radical (unpaired) electrons. The first-order chi connectivity index (χ1) is 39.8. The van der Waals surface area contributed by atoms with Crippen molar-refractivity contribution in [2.24, 2.45) is 5.73 Å². The number of unbranched alkanes of at least 4 members (excludes halogenated alkanes) is 28. The van der Waals surface area contributed by atoms with E-state index >= 15 is 0 Å². The van der Waals surface area contributed by atoms with E-state index in [1.165, 1.54) is 148 Å². The van der Waals surface area contributed by atoms with Gasteiger partial charge < -0.3 is 20.1 Å². The zero-order chi connectivity index (χ0) is 58.7. The van der Waals surface area contributed by atoms with Crippen LogP contribution in [-0.2, 0) is 32.7 Å². The van der Waals surface area contributed by atoms with Crippen molar-refractivity contribution in [1.29, 1.82) is 0 Å². The van der Waals surface area contributed by atoms with Crippen LogP contribution in [0.2, 0.25) is 0 Å². The fraction of sp³-hybridized carbons (Fsp3) is 0.690. The molecule has 0 aliphatic heterocycles. The number of carbonyl (C=O) groups is 2. The normalized spacial score (nSPS) is 13.8. The minimum Gasteiger partial charge on any atom is -0.462 e. The Balaban J connectivity index is 3.96. The Morgan fingerprint density at radius 2 is 0.679 bits per heavy atom. The first kappa shape index (κ1) is 77.4. The molecule has 10 heteroatoms. The molecule has 9 nitrogen and oxygen atoms in total. The van der Waals surface area contributed by atoms with Crippen molar-refractivity contribution in [3.05, 3.63) is 122 Å². The summed E-state index contributed by atoms with van der Waals surface area (Å²) in [4.78, 5) is 35.3. The van der Waals surface area contributed by atoms with Gasteiger partial charge >= 0.3 is 19.8 Å². The molecule has 0 aliphatic rings. The molecule has 0 heterocycles. The molecule has 0 aromatic carbocycles. The van der Waals surface area contributed by atoms with Gasteiger partial charge in [0.05, 0.1) is 13.2 Å². The minimum absolute atomic E-state index is 0.0460. The highest BCUT2D eigenvalue weighted by atomic mass is 31.2. The van der Waals surface area contributed by atoms with Gasteiger partial charge in [0.2, 0.25) is 0 Å². The summed E-state index contributed by atoms with van der Waals surface area (Å²) in [5.41, 5.74) is 5.39. The monoisotopic (exact) mass is 1150 g/mol. The van der Waals surface area contributed by atoms with Crippen LogP contribution in [0.5, 0.6) is 0 Å². The van der Waals surface area contributed by atoms with Crippen LogP contribution >= 0.6 is 7.82 Å². The fourth-order valence-electron chi connectivity index (χ4n) is 8.98. The maximum Gasteiger partial charge on any atom is 0.472 e. The maximum atomic E-state index is 12.7. The molecular formula is C71H122NO8P. The third-order valence-corrected chi connectivity index (χ3v) is 14.8. The van der Waals surface area contributed by atoms with Gasteiger partial charge in [0.15, 0.2) is 6.10 Å². The average molecular weight is 1150 g/mol. The van der Waals surface area contributed by atoms with E-state index in [1.54, 1.807) is 0 Å². The van der Waals surface area contributed by atoms with E-state index in [-0.39, 0.29) is 38.6 Å². The van der Waals surface area contributed by atoms with Gasteiger partial charge in [-0.1, -0.05) is 283 Å². The van der Waals surface area contributed by atoms with Crippen molar-refractivity contribution in [1.82, 2.24) is 0 Å². The highest BCUT2D eigenvalue weighted by Gasteiger charge is 2.26. The number of hydrogen-bond donors (Lipinski definition) is 2. The van der Waals surface area contributed by atoms with E-state index in [1.807, 2.05) is 0 Å². The summed E-state index contributed by atoms with van der Waals surface area (Å²) >= 11 is 0. The summed E-state index contributed by atoms with van der Waals surface area (Å²) in [6.07, 6.45) is 91.3. The van der Waals surface area contributed by atoms with Crippen molar-refractivity contribution in [3.63, 3.8) is 0 Å². The van der Waals surface area contributed by atoms with Gasteiger partial charge in [-0.05, 0) is 109 Å². The number of hydrogen-bond acceptors (Lipinski definition) is 8. The van der Waals surface area contributed by atoms with E-state index in [0.29, 0.717) is 6.42 Å². The molecule has 0 saturated carbocycles. The van der Waals surface area contributed by atoms with E-state index in [0.717, 1.165) is 103 Å². The van der Waals surface area contributed by atoms with Gasteiger partial charge in [-0.3, -0.25) is 18.6 Å². The third kappa shape index (κ3) is 65.4. The number of phosphoric acid groups is 1. The number of nitrogens with two attached hydrogens (primary N) is 1. The van der Waals surface area contributed by atoms with Gasteiger partial charge in [-0.2, -0.15) is 0 Å². The van der Waals surface area contributed by atoms with Crippen molar-refractivity contribution in [2.75, 3.05) is 26.4 Å². The fourth-order valence-corrected chi connectivity index (χ4v) is 9.74. The van der Waals surface area contributed by atoms with E-state index in [9.17, 15) is 19.0 Å². The molecular weight excluding hydrogens is 1030 g/mol. The topological polar surface area (TPSA) is 134 Å². The van der Waals surface area contributed by atoms with Gasteiger partial charge in [0, 0.05) is 19.4 Å². The Labute approximate surface area is 498 Å². The molecule has 2 atom stereocenters. The standard InChI is InChI=1S/C71H122NO8P/c1-3-5-7-9-11-13-15-17-19-21-23-25-27-29-31-33-34-36-37-39-41-43-45-47-49-51-53-55-57-59-61-63-70(73)77-67-69(68-79-81(75,76)78-66-65-72)80-71(74)64-62-60-58-56-54-52-50-48-46-44-42-40-38-35-32-30-28-26-24-22-20-18-16-14-12-10-8-6-4-2/h6,8,12,14-15,17-18,20-21,23-24,26-27,29-30,32,38,40,44,46,69H,3-5,7,9-11,13,16,19,22,25,28,31,33-37,39,41-43,45,47-68,72H2,1-2H3,(H,75,76)/b8-6-,14-12-,17-15-,20-18-,23-21-,26-24-,29-27-,32-30-,40-38-,46-44-. The molecule has 2 unspecified atom stereocenters. The predicted molar refractivity (Wildman–Crippen MR) is 348 cm³/mol. The van der Waals surface area contributed by atoms with Crippen LogP contribution in [0.3, 0.4) is 0 Å². The molecule has 0 aromatic rings. The van der Waals surface area contributed by atoms with Gasteiger partial charge in [0.1, 0.15) is 6.61 Å². The lowest BCUT2D eigenvalue weighted by atomic mass is 10.0. The number of ether oxygens (including phenoxy) is 2. The second kappa shape index (κ2) is 65.6. The quantitative estimate of drug-likeness (QED) is 0.0264. The van der Waals surface area contributed by atoms with Crippen molar-refractivity contribution in [2.45, 2.75) is 290 Å². The summed E-state index contributed by atoms with van der Waals surface area (Å²) in [5.74, 6) is -0.841. The summed E-state index contributed by atoms with van der Waals surface area (Å²) in [7, 11) is -4.40. The van der Waals surface area contributed by atoms with Crippen molar-refractivity contribution in [3.8, 4) is 0 Å². The number of phosphoric ester groups is 1. The highest BCUT2D eigenvalue weighted by molar-refractivity contribution is 7.47. The molecule has 0 fully saturated rings. The zero-order valence-electron chi connectivity index (χ0n) is 52.0. The summed E-state index contributed by atoms with van der Waals surface area (Å²) in [5, 5.41) is 0. The largest absolute Gasteiger partial charge is 0.472 e. The lowest BCUT2D eigenvalue weighted by Crippen LogP contribution is -2.29. The number of allylic oxidation sites excluding steroid dienone is 20. The lowest BCUT2D eigenvalue weighted by molar-refractivity contribution is -0.161. The smallest absolute Gasteiger partial charge is 0.462 e. The molecule has 0 rings (SSSR count). The molecule has 81 heavy (non-hydrogen) atoms. The Bertz CT molecular complexity index is 1740. The Morgan fingerprint density at radius 1 is 0.383 bits per heavy atom. The maximum absolute atomic E-state index is 12.7. The SMILES string of the molecule is CC/C=C\C/C=C\C/C=C\C/C=C\C/C=C\C/C=C\C/C=C\CCCCCCCCCC(=O)OC(COC(=O)CCCCCCCCCCCCCCCCCC/C=C\C/C=C\C/C=C\CCCCCCC)COP(=O)(O)OCCN. The third-order valence-electron chi connectivity index (χ3n) is 13.8. The Morgan fingerprint density at radius 3 is 1.01 bits per heavy atom. The average Bonchev–Trinajstić information content (AvgIpc) is 3.46. The first-order valence-electron chi connectivity index (χ1n) is 33.0. The predicted octanol–water partition coefficient (Wildman–Crippen LogP) is 21.5. The molecule has 0 bridgehead atoms. The molecule has 3 N–H and O–H groups in total. The van der Waals surface area contributed by atoms with Crippen LogP contribution in [0.4, 0.5) is 0 Å². The summed E-state index contributed by atoms with van der Waals surface area (Å²) in [6, 6.07) is 0. The number of carbonyl (C=O) groups excluding carboxylic acids is 2. The number of esters is 2. The first-order valence-corrected chi connectivity index (χ1v) is 34.5. The molecule has 0 aliphatic carbocycles. The second-order valence-corrected chi connectivity index (χ2v) is 23.1. The van der Waals surface area contributed by atoms with Crippen LogP contribution in [0, 0.1) is 0 Å². The molecule has 0 aromatic heterocycles. The summed E-state index contributed by atoms with van der Waals surface area (Å²) < 4.78 is 33.1. The van der Waals surface area contributed by atoms with Crippen LogP contribution < -0.4 is 5.73 Å². The lowest BCUT2D eigenvalue weighted by Gasteiger charge is -2.19. The number of rotatable bonds is 61. The van der Waals surface area contributed by atoms with Crippen LogP contribution in [0.25, 0.3) is 0 Å².